The minimum atomic E-state index is 0. The number of halogens is 1. The summed E-state index contributed by atoms with van der Waals surface area (Å²) in [6.45, 7) is 9.06. The number of rotatable bonds is 6. The molecule has 4 heteroatoms. The highest BCUT2D eigenvalue weighted by Gasteiger charge is 2.23. The number of nitrogens with zero attached hydrogens (tertiary/aromatic N) is 2. The summed E-state index contributed by atoms with van der Waals surface area (Å²) in [4.78, 5) is 17.3. The van der Waals surface area contributed by atoms with Crippen LogP contribution >= 0.6 is 12.4 Å². The normalized spacial score (nSPS) is 15.2. The van der Waals surface area contributed by atoms with Crippen LogP contribution in [0.1, 0.15) is 41.3 Å². The predicted molar refractivity (Wildman–Crippen MR) is 114 cm³/mol. The molecule has 1 amide bonds. The first-order valence-electron chi connectivity index (χ1n) is 9.78. The molecule has 1 aliphatic rings. The zero-order valence-corrected chi connectivity index (χ0v) is 17.3. The summed E-state index contributed by atoms with van der Waals surface area (Å²) in [6.07, 6.45) is 2.34. The van der Waals surface area contributed by atoms with Gasteiger partial charge in [-0.25, -0.2) is 0 Å². The molecule has 0 saturated carbocycles. The van der Waals surface area contributed by atoms with E-state index in [1.165, 1.54) is 24.0 Å². The molecule has 3 rings (SSSR count). The van der Waals surface area contributed by atoms with E-state index in [-0.39, 0.29) is 18.3 Å². The van der Waals surface area contributed by atoms with Gasteiger partial charge in [0.15, 0.2) is 0 Å². The van der Waals surface area contributed by atoms with Crippen molar-refractivity contribution >= 4 is 18.3 Å². The van der Waals surface area contributed by atoms with E-state index in [0.717, 1.165) is 38.3 Å². The van der Waals surface area contributed by atoms with Crippen molar-refractivity contribution in [1.29, 1.82) is 0 Å². The topological polar surface area (TPSA) is 23.6 Å². The van der Waals surface area contributed by atoms with Crippen LogP contribution in [0.25, 0.3) is 0 Å². The van der Waals surface area contributed by atoms with Crippen LogP contribution < -0.4 is 0 Å². The third-order valence-corrected chi connectivity index (χ3v) is 5.40. The van der Waals surface area contributed by atoms with Gasteiger partial charge in [0.25, 0.3) is 5.91 Å². The van der Waals surface area contributed by atoms with Crippen LogP contribution in [-0.4, -0.2) is 41.9 Å². The van der Waals surface area contributed by atoms with Crippen molar-refractivity contribution in [2.45, 2.75) is 33.2 Å². The summed E-state index contributed by atoms with van der Waals surface area (Å²) in [6, 6.07) is 18.6. The summed E-state index contributed by atoms with van der Waals surface area (Å²) in [5.41, 5.74) is 3.38. The maximum Gasteiger partial charge on any atom is 0.253 e. The van der Waals surface area contributed by atoms with E-state index in [2.05, 4.69) is 49.1 Å². The van der Waals surface area contributed by atoms with Crippen molar-refractivity contribution in [3.05, 3.63) is 71.3 Å². The second-order valence-electron chi connectivity index (χ2n) is 7.41. The largest absolute Gasteiger partial charge is 0.339 e. The van der Waals surface area contributed by atoms with Gasteiger partial charge in [0.2, 0.25) is 0 Å². The molecule has 0 radical (unpaired) electrons. The molecule has 3 nitrogen and oxygen atoms in total. The van der Waals surface area contributed by atoms with E-state index < -0.39 is 0 Å². The van der Waals surface area contributed by atoms with Gasteiger partial charge < -0.3 is 4.90 Å². The summed E-state index contributed by atoms with van der Waals surface area (Å²) >= 11 is 0. The number of carbonyl (C=O) groups excluding carboxylic acids is 1. The highest BCUT2D eigenvalue weighted by atomic mass is 35.5. The van der Waals surface area contributed by atoms with Crippen LogP contribution in [0, 0.1) is 12.8 Å². The van der Waals surface area contributed by atoms with Gasteiger partial charge in [-0.2, -0.15) is 0 Å². The lowest BCUT2D eigenvalue weighted by atomic mass is 9.95. The van der Waals surface area contributed by atoms with Gasteiger partial charge in [0.05, 0.1) is 0 Å². The minimum absolute atomic E-state index is 0. The number of aryl methyl sites for hydroxylation is 1. The molecule has 1 aliphatic heterocycles. The number of likely N-dealkylation sites (tertiary alicyclic amines) is 1. The molecule has 1 saturated heterocycles. The van der Waals surface area contributed by atoms with Crippen LogP contribution in [0.3, 0.4) is 0 Å². The molecule has 2 aromatic rings. The van der Waals surface area contributed by atoms with E-state index in [9.17, 15) is 4.79 Å². The number of hydrogen-bond donors (Lipinski definition) is 0. The Morgan fingerprint density at radius 2 is 1.67 bits per heavy atom. The molecule has 2 aromatic carbocycles. The van der Waals surface area contributed by atoms with Crippen molar-refractivity contribution in [2.75, 3.05) is 26.2 Å². The van der Waals surface area contributed by atoms with Crippen LogP contribution in [-0.2, 0) is 6.54 Å². The van der Waals surface area contributed by atoms with Gasteiger partial charge in [0, 0.05) is 25.2 Å². The van der Waals surface area contributed by atoms with Crippen molar-refractivity contribution in [1.82, 2.24) is 9.80 Å². The van der Waals surface area contributed by atoms with Crippen molar-refractivity contribution < 1.29 is 4.79 Å². The predicted octanol–water partition coefficient (Wildman–Crippen LogP) is 4.79. The number of carbonyl (C=O) groups is 1. The zero-order valence-electron chi connectivity index (χ0n) is 16.4. The number of piperidine rings is 1. The molecule has 0 aliphatic carbocycles. The first kappa shape index (κ1) is 21.5. The van der Waals surface area contributed by atoms with Gasteiger partial charge in [-0.05, 0) is 63.4 Å². The molecule has 1 fully saturated rings. The average Bonchev–Trinajstić information content (AvgIpc) is 2.68. The summed E-state index contributed by atoms with van der Waals surface area (Å²) in [7, 11) is 0. The zero-order chi connectivity index (χ0) is 18.4. The molecule has 0 spiro atoms. The van der Waals surface area contributed by atoms with Crippen LogP contribution in [0.15, 0.2) is 54.6 Å². The Morgan fingerprint density at radius 3 is 2.26 bits per heavy atom. The number of amides is 1. The third-order valence-electron chi connectivity index (χ3n) is 5.40. The van der Waals surface area contributed by atoms with Gasteiger partial charge in [-0.15, -0.1) is 12.4 Å². The van der Waals surface area contributed by atoms with Gasteiger partial charge in [0.1, 0.15) is 0 Å². The summed E-state index contributed by atoms with van der Waals surface area (Å²) in [5, 5.41) is 0. The third kappa shape index (κ3) is 6.08. The molecule has 0 N–H and O–H groups in total. The Balaban J connectivity index is 0.00000261. The second kappa shape index (κ2) is 10.5. The molecule has 0 aromatic heterocycles. The molecular weight excluding hydrogens is 356 g/mol. The molecule has 1 heterocycles. The van der Waals surface area contributed by atoms with Crippen LogP contribution in [0.4, 0.5) is 0 Å². The van der Waals surface area contributed by atoms with Crippen molar-refractivity contribution in [3.8, 4) is 0 Å². The van der Waals surface area contributed by atoms with E-state index in [0.29, 0.717) is 5.92 Å². The smallest absolute Gasteiger partial charge is 0.253 e. The average molecular weight is 387 g/mol. The minimum Gasteiger partial charge on any atom is -0.339 e. The molecule has 0 atom stereocenters. The quantitative estimate of drug-likeness (QED) is 0.712. The fourth-order valence-electron chi connectivity index (χ4n) is 3.71. The fourth-order valence-corrected chi connectivity index (χ4v) is 3.71. The van der Waals surface area contributed by atoms with E-state index in [1.54, 1.807) is 0 Å². The van der Waals surface area contributed by atoms with Gasteiger partial charge in [-0.3, -0.25) is 9.69 Å². The summed E-state index contributed by atoms with van der Waals surface area (Å²) < 4.78 is 0. The molecular formula is C23H31ClN2O. The number of benzene rings is 2. The lowest BCUT2D eigenvalue weighted by Gasteiger charge is -2.34. The highest BCUT2D eigenvalue weighted by molar-refractivity contribution is 5.94. The monoisotopic (exact) mass is 386 g/mol. The lowest BCUT2D eigenvalue weighted by molar-refractivity contribution is 0.0698. The van der Waals surface area contributed by atoms with E-state index in [4.69, 9.17) is 0 Å². The van der Waals surface area contributed by atoms with Crippen LogP contribution in [0.5, 0.6) is 0 Å². The Bertz CT molecular complexity index is 694. The van der Waals surface area contributed by atoms with E-state index in [1.807, 2.05) is 29.2 Å². The maximum atomic E-state index is 12.8. The Kier molecular flexibility index (Phi) is 8.33. The first-order valence-corrected chi connectivity index (χ1v) is 9.78. The SMILES string of the molecule is CCN(CC1CCN(Cc2ccccc2)CC1)C(=O)c1ccc(C)cc1.Cl. The first-order chi connectivity index (χ1) is 12.7. The molecule has 27 heavy (non-hydrogen) atoms. The fraction of sp³-hybridized carbons (Fsp3) is 0.435. The second-order valence-corrected chi connectivity index (χ2v) is 7.41. The van der Waals surface area contributed by atoms with Crippen molar-refractivity contribution in [2.24, 2.45) is 5.92 Å². The van der Waals surface area contributed by atoms with Crippen LogP contribution in [0.2, 0.25) is 0 Å². The van der Waals surface area contributed by atoms with Gasteiger partial charge >= 0.3 is 0 Å². The summed E-state index contributed by atoms with van der Waals surface area (Å²) in [5.74, 6) is 0.774. The lowest BCUT2D eigenvalue weighted by Crippen LogP contribution is -2.40. The Morgan fingerprint density at radius 1 is 1.04 bits per heavy atom. The molecule has 0 bridgehead atoms. The molecule has 0 unspecified atom stereocenters. The van der Waals surface area contributed by atoms with Crippen molar-refractivity contribution in [3.63, 3.8) is 0 Å². The standard InChI is InChI=1S/C23H30N2O.ClH/c1-3-25(23(26)22-11-9-19(2)10-12-22)18-21-13-15-24(16-14-21)17-20-7-5-4-6-8-20;/h4-12,21H,3,13-18H2,1-2H3;1H. The highest BCUT2D eigenvalue weighted by Crippen LogP contribution is 2.21. The Labute approximate surface area is 169 Å². The molecule has 146 valence electrons. The maximum absolute atomic E-state index is 12.8. The number of hydrogen-bond acceptors (Lipinski definition) is 2. The van der Waals surface area contributed by atoms with Gasteiger partial charge in [-0.1, -0.05) is 48.0 Å². The van der Waals surface area contributed by atoms with E-state index >= 15 is 0 Å². The Hall–Kier alpha value is -1.84.